The first-order chi connectivity index (χ1) is 10.1. The van der Waals surface area contributed by atoms with Crippen LogP contribution >= 0.6 is 0 Å². The highest BCUT2D eigenvalue weighted by molar-refractivity contribution is 6.01. The lowest BCUT2D eigenvalue weighted by atomic mass is 9.80. The van der Waals surface area contributed by atoms with Crippen LogP contribution in [0.4, 0.5) is 5.69 Å². The molecule has 22 heavy (non-hydrogen) atoms. The van der Waals surface area contributed by atoms with E-state index in [0.29, 0.717) is 0 Å². The normalized spacial score (nSPS) is 15.4. The van der Waals surface area contributed by atoms with Gasteiger partial charge in [-0.05, 0) is 30.7 Å². The number of terminal acetylenes is 1. The van der Waals surface area contributed by atoms with Crippen LogP contribution in [-0.4, -0.2) is 16.8 Å². The molecule has 0 aliphatic carbocycles. The fraction of sp³-hybridized carbons (Fsp3) is 0.350. The van der Waals surface area contributed by atoms with E-state index in [1.54, 1.807) is 0 Å². The molecule has 1 nitrogen and oxygen atoms in total. The van der Waals surface area contributed by atoms with Crippen molar-refractivity contribution in [2.45, 2.75) is 39.0 Å². The molecule has 0 saturated carbocycles. The molecule has 0 bridgehead atoms. The fourth-order valence-electron chi connectivity index (χ4n) is 3.47. The second-order valence-corrected chi connectivity index (χ2v) is 6.35. The maximum Gasteiger partial charge on any atom is 0.210 e. The van der Waals surface area contributed by atoms with Gasteiger partial charge in [0.1, 0.15) is 6.54 Å². The SMILES string of the molecule is C#CCCC[N+]1=C(C)C(C)(C)c2c1ccc1ccccc21.[I-]. The molecule has 1 aliphatic rings. The summed E-state index contributed by atoms with van der Waals surface area (Å²) in [5, 5.41) is 2.70. The van der Waals surface area contributed by atoms with Gasteiger partial charge in [-0.3, -0.25) is 0 Å². The average molecular weight is 403 g/mol. The third kappa shape index (κ3) is 2.56. The Labute approximate surface area is 150 Å². The smallest absolute Gasteiger partial charge is 0.210 e. The molecule has 0 fully saturated rings. The van der Waals surface area contributed by atoms with Crippen LogP contribution in [0.1, 0.15) is 39.2 Å². The molecule has 1 aliphatic heterocycles. The summed E-state index contributed by atoms with van der Waals surface area (Å²) in [7, 11) is 0. The summed E-state index contributed by atoms with van der Waals surface area (Å²) in [6.07, 6.45) is 7.27. The van der Waals surface area contributed by atoms with Gasteiger partial charge in [0.05, 0.1) is 5.41 Å². The molecule has 2 heteroatoms. The summed E-state index contributed by atoms with van der Waals surface area (Å²) in [5.74, 6) is 2.74. The van der Waals surface area contributed by atoms with E-state index in [4.69, 9.17) is 6.42 Å². The Bertz CT molecular complexity index is 778. The average Bonchev–Trinajstić information content (AvgIpc) is 2.68. The predicted molar refractivity (Wildman–Crippen MR) is 90.5 cm³/mol. The van der Waals surface area contributed by atoms with Crippen LogP contribution in [0.2, 0.25) is 0 Å². The Balaban J connectivity index is 0.00000176. The summed E-state index contributed by atoms with van der Waals surface area (Å²) in [6, 6.07) is 13.2. The van der Waals surface area contributed by atoms with E-state index in [-0.39, 0.29) is 29.4 Å². The number of hydrogen-bond acceptors (Lipinski definition) is 0. The largest absolute Gasteiger partial charge is 1.00 e. The standard InChI is InChI=1S/C20H22N.HI/c1-5-6-9-14-21-15(2)20(3,4)19-17-11-8-7-10-16(17)12-13-18(19)21;/h1,7-8,10-13H,6,9,14H2,2-4H3;1H/q+1;/p-1. The quantitative estimate of drug-likeness (QED) is 0.318. The highest BCUT2D eigenvalue weighted by Crippen LogP contribution is 2.43. The van der Waals surface area contributed by atoms with Crippen LogP contribution < -0.4 is 24.0 Å². The summed E-state index contributed by atoms with van der Waals surface area (Å²) >= 11 is 0. The van der Waals surface area contributed by atoms with Crippen molar-refractivity contribution in [1.29, 1.82) is 0 Å². The summed E-state index contributed by atoms with van der Waals surface area (Å²) in [6.45, 7) is 7.92. The van der Waals surface area contributed by atoms with Gasteiger partial charge in [-0.25, -0.2) is 0 Å². The van der Waals surface area contributed by atoms with Gasteiger partial charge in [0.15, 0.2) is 5.71 Å². The topological polar surface area (TPSA) is 3.01 Å². The molecular formula is C20H22IN. The van der Waals surface area contributed by atoms with Crippen molar-refractivity contribution in [2.24, 2.45) is 0 Å². The first kappa shape index (κ1) is 17.0. The predicted octanol–water partition coefficient (Wildman–Crippen LogP) is 1.65. The Kier molecular flexibility index (Phi) is 4.97. The molecule has 2 aromatic carbocycles. The molecule has 0 atom stereocenters. The highest BCUT2D eigenvalue weighted by Gasteiger charge is 2.43. The molecule has 1 heterocycles. The number of unbranched alkanes of at least 4 members (excludes halogenated alkanes) is 1. The van der Waals surface area contributed by atoms with Gasteiger partial charge in [0.2, 0.25) is 5.69 Å². The summed E-state index contributed by atoms with van der Waals surface area (Å²) < 4.78 is 2.46. The molecule has 0 spiro atoms. The van der Waals surface area contributed by atoms with Crippen LogP contribution in [0.3, 0.4) is 0 Å². The zero-order chi connectivity index (χ0) is 15.0. The van der Waals surface area contributed by atoms with Crippen LogP contribution in [-0.2, 0) is 5.41 Å². The third-order valence-electron chi connectivity index (χ3n) is 4.84. The molecule has 0 saturated heterocycles. The number of fused-ring (bicyclic) bond motifs is 3. The minimum Gasteiger partial charge on any atom is -1.00 e. The van der Waals surface area contributed by atoms with Crippen molar-refractivity contribution < 1.29 is 28.6 Å². The Morgan fingerprint density at radius 1 is 1.14 bits per heavy atom. The highest BCUT2D eigenvalue weighted by atomic mass is 127. The van der Waals surface area contributed by atoms with Crippen LogP contribution in [0, 0.1) is 12.3 Å². The number of hydrogen-bond donors (Lipinski definition) is 0. The molecule has 2 aromatic rings. The van der Waals surface area contributed by atoms with Gasteiger partial charge < -0.3 is 24.0 Å². The number of halogens is 1. The lowest BCUT2D eigenvalue weighted by Crippen LogP contribution is -3.00. The third-order valence-corrected chi connectivity index (χ3v) is 4.84. The van der Waals surface area contributed by atoms with Gasteiger partial charge in [-0.1, -0.05) is 24.3 Å². The molecule has 0 unspecified atom stereocenters. The monoisotopic (exact) mass is 403 g/mol. The number of rotatable bonds is 3. The first-order valence-electron chi connectivity index (χ1n) is 7.64. The van der Waals surface area contributed by atoms with Crippen molar-refractivity contribution >= 4 is 22.2 Å². The molecule has 0 radical (unpaired) electrons. The number of benzene rings is 2. The number of nitrogens with zero attached hydrogens (tertiary/aromatic N) is 1. The lowest BCUT2D eigenvalue weighted by molar-refractivity contribution is -0.439. The van der Waals surface area contributed by atoms with Crippen molar-refractivity contribution in [3.63, 3.8) is 0 Å². The zero-order valence-electron chi connectivity index (χ0n) is 13.5. The van der Waals surface area contributed by atoms with Gasteiger partial charge in [-0.2, -0.15) is 4.58 Å². The maximum absolute atomic E-state index is 5.39. The van der Waals surface area contributed by atoms with E-state index in [9.17, 15) is 0 Å². The maximum atomic E-state index is 5.39. The first-order valence-corrected chi connectivity index (χ1v) is 7.64. The lowest BCUT2D eigenvalue weighted by Gasteiger charge is -2.17. The van der Waals surface area contributed by atoms with E-state index in [0.717, 1.165) is 19.4 Å². The fourth-order valence-corrected chi connectivity index (χ4v) is 3.47. The molecule has 114 valence electrons. The van der Waals surface area contributed by atoms with Crippen LogP contribution in [0.25, 0.3) is 10.8 Å². The molecule has 0 N–H and O–H groups in total. The van der Waals surface area contributed by atoms with Gasteiger partial charge >= 0.3 is 0 Å². The van der Waals surface area contributed by atoms with E-state index < -0.39 is 0 Å². The second-order valence-electron chi connectivity index (χ2n) is 6.35. The minimum absolute atomic E-state index is 0. The van der Waals surface area contributed by atoms with E-state index >= 15 is 0 Å². The summed E-state index contributed by atoms with van der Waals surface area (Å²) in [4.78, 5) is 0. The van der Waals surface area contributed by atoms with Crippen molar-refractivity contribution in [3.8, 4) is 12.3 Å². The Morgan fingerprint density at radius 2 is 1.86 bits per heavy atom. The second kappa shape index (κ2) is 6.42. The Morgan fingerprint density at radius 3 is 2.59 bits per heavy atom. The molecule has 3 rings (SSSR count). The van der Waals surface area contributed by atoms with Gasteiger partial charge in [0, 0.05) is 31.4 Å². The van der Waals surface area contributed by atoms with E-state index in [2.05, 4.69) is 67.7 Å². The van der Waals surface area contributed by atoms with Crippen molar-refractivity contribution in [2.75, 3.05) is 6.54 Å². The zero-order valence-corrected chi connectivity index (χ0v) is 15.6. The van der Waals surface area contributed by atoms with Crippen LogP contribution in [0.5, 0.6) is 0 Å². The molecular weight excluding hydrogens is 381 g/mol. The minimum atomic E-state index is 0. The van der Waals surface area contributed by atoms with Crippen molar-refractivity contribution in [3.05, 3.63) is 42.0 Å². The molecule has 0 amide bonds. The van der Waals surface area contributed by atoms with Gasteiger partial charge in [0.25, 0.3) is 0 Å². The van der Waals surface area contributed by atoms with Gasteiger partial charge in [-0.15, -0.1) is 12.3 Å². The summed E-state index contributed by atoms with van der Waals surface area (Å²) in [5.41, 5.74) is 4.31. The Hall–Kier alpha value is -1.34. The van der Waals surface area contributed by atoms with E-state index in [1.165, 1.54) is 27.7 Å². The molecule has 0 aromatic heterocycles. The van der Waals surface area contributed by atoms with Crippen molar-refractivity contribution in [1.82, 2.24) is 0 Å². The van der Waals surface area contributed by atoms with Crippen LogP contribution in [0.15, 0.2) is 36.4 Å². The van der Waals surface area contributed by atoms with E-state index in [1.807, 2.05) is 0 Å².